The van der Waals surface area contributed by atoms with Crippen LogP contribution in [0.3, 0.4) is 0 Å². The van der Waals surface area contributed by atoms with Gasteiger partial charge >= 0.3 is 0 Å². The van der Waals surface area contributed by atoms with Crippen molar-refractivity contribution in [3.05, 3.63) is 72.1 Å². The molecule has 0 radical (unpaired) electrons. The third kappa shape index (κ3) is 5.37. The maximum atomic E-state index is 8.10. The van der Waals surface area contributed by atoms with E-state index in [1.807, 2.05) is 36.4 Å². The lowest BCUT2D eigenvalue weighted by Gasteiger charge is -2.06. The number of rotatable bonds is 3. The molecule has 1 aromatic heterocycles. The predicted octanol–water partition coefficient (Wildman–Crippen LogP) is 4.77. The summed E-state index contributed by atoms with van der Waals surface area (Å²) in [6, 6.07) is 11.3. The van der Waals surface area contributed by atoms with Crippen LogP contribution in [0, 0.1) is 5.41 Å². The average Bonchev–Trinajstić information content (AvgIpc) is 2.64. The Labute approximate surface area is 138 Å². The van der Waals surface area contributed by atoms with Gasteiger partial charge < -0.3 is 5.73 Å². The van der Waals surface area contributed by atoms with E-state index in [0.717, 1.165) is 16.7 Å². The fourth-order valence-corrected chi connectivity index (χ4v) is 2.58. The van der Waals surface area contributed by atoms with Crippen LogP contribution in [0.1, 0.15) is 55.2 Å². The summed E-state index contributed by atoms with van der Waals surface area (Å²) in [7, 11) is 0. The molecule has 0 atom stereocenters. The van der Waals surface area contributed by atoms with E-state index < -0.39 is 0 Å². The molecule has 1 aromatic carbocycles. The summed E-state index contributed by atoms with van der Waals surface area (Å²) in [5, 5.41) is 8.10. The number of hydrogen-bond acceptors (Lipinski definition) is 3. The molecule has 0 unspecified atom stereocenters. The summed E-state index contributed by atoms with van der Waals surface area (Å²) in [6.45, 7) is 3.67. The number of nitrogens with two attached hydrogens (primary N) is 1. The van der Waals surface area contributed by atoms with Gasteiger partial charge in [0.2, 0.25) is 0 Å². The molecular formula is C20H25N3. The van der Waals surface area contributed by atoms with Crippen molar-refractivity contribution in [3.8, 4) is 0 Å². The van der Waals surface area contributed by atoms with Crippen molar-refractivity contribution in [3.63, 3.8) is 0 Å². The Morgan fingerprint density at radius 3 is 1.91 bits per heavy atom. The van der Waals surface area contributed by atoms with Gasteiger partial charge in [0.25, 0.3) is 0 Å². The number of hydrogen-bond donors (Lipinski definition) is 2. The van der Waals surface area contributed by atoms with E-state index in [9.17, 15) is 0 Å². The third-order valence-electron chi connectivity index (χ3n) is 3.96. The largest absolute Gasteiger partial charge is 0.399 e. The normalized spacial score (nSPS) is 13.6. The highest BCUT2D eigenvalue weighted by Gasteiger charge is 2.06. The van der Waals surface area contributed by atoms with Crippen LogP contribution in [0.25, 0.3) is 5.70 Å². The van der Waals surface area contributed by atoms with Crippen LogP contribution in [0.5, 0.6) is 0 Å². The molecule has 0 aliphatic heterocycles. The van der Waals surface area contributed by atoms with E-state index in [1.165, 1.54) is 38.5 Å². The smallest absolute Gasteiger partial charge is 0.0700 e. The van der Waals surface area contributed by atoms with Gasteiger partial charge in [0.1, 0.15) is 0 Å². The van der Waals surface area contributed by atoms with Gasteiger partial charge in [-0.2, -0.15) is 0 Å². The average molecular weight is 307 g/mol. The summed E-state index contributed by atoms with van der Waals surface area (Å²) in [4.78, 5) is 4.07. The van der Waals surface area contributed by atoms with Crippen LogP contribution in [0.4, 0.5) is 0 Å². The number of pyridine rings is 1. The van der Waals surface area contributed by atoms with Crippen molar-refractivity contribution in [2.24, 2.45) is 5.73 Å². The van der Waals surface area contributed by atoms with Gasteiger partial charge in [-0.25, -0.2) is 0 Å². The molecule has 3 rings (SSSR count). The molecule has 0 bridgehead atoms. The lowest BCUT2D eigenvalue weighted by atomic mass is 10.0. The molecule has 3 nitrogen and oxygen atoms in total. The number of nitrogens with one attached hydrogen (secondary N) is 1. The second-order valence-electron chi connectivity index (χ2n) is 5.85. The van der Waals surface area contributed by atoms with Gasteiger partial charge in [-0.05, 0) is 6.07 Å². The molecular weight excluding hydrogens is 282 g/mol. The summed E-state index contributed by atoms with van der Waals surface area (Å²) in [6.07, 6.45) is 12.3. The van der Waals surface area contributed by atoms with E-state index in [-0.39, 0.29) is 0 Å². The minimum Gasteiger partial charge on any atom is -0.399 e. The lowest BCUT2D eigenvalue weighted by molar-refractivity contribution is 0.504. The Bertz CT molecular complexity index is 631. The van der Waals surface area contributed by atoms with Crippen molar-refractivity contribution < 1.29 is 0 Å². The Morgan fingerprint density at radius 2 is 1.39 bits per heavy atom. The first-order valence-electron chi connectivity index (χ1n) is 8.22. The molecule has 2 aromatic rings. The minimum absolute atomic E-state index is 0.432. The quantitative estimate of drug-likeness (QED) is 0.802. The molecule has 1 aliphatic carbocycles. The van der Waals surface area contributed by atoms with Gasteiger partial charge in [-0.3, -0.25) is 10.4 Å². The van der Waals surface area contributed by atoms with Crippen LogP contribution in [-0.2, 0) is 0 Å². The van der Waals surface area contributed by atoms with Crippen molar-refractivity contribution in [1.82, 2.24) is 4.98 Å². The molecule has 3 heteroatoms. The fraction of sp³-hybridized carbons (Fsp3) is 0.300. The van der Waals surface area contributed by atoms with Crippen LogP contribution in [0.15, 0.2) is 55.4 Å². The first-order chi connectivity index (χ1) is 11.2. The zero-order valence-corrected chi connectivity index (χ0v) is 13.6. The first kappa shape index (κ1) is 16.9. The van der Waals surface area contributed by atoms with Crippen LogP contribution >= 0.6 is 0 Å². The molecule has 120 valence electrons. The van der Waals surface area contributed by atoms with Gasteiger partial charge in [-0.1, -0.05) is 75.4 Å². The van der Waals surface area contributed by atoms with Crippen LogP contribution in [-0.4, -0.2) is 10.7 Å². The Morgan fingerprint density at radius 1 is 0.870 bits per heavy atom. The first-order valence-corrected chi connectivity index (χ1v) is 8.22. The molecule has 1 heterocycles. The van der Waals surface area contributed by atoms with Crippen LogP contribution < -0.4 is 5.73 Å². The third-order valence-corrected chi connectivity index (χ3v) is 3.96. The van der Waals surface area contributed by atoms with E-state index in [1.54, 1.807) is 12.4 Å². The minimum atomic E-state index is 0.432. The van der Waals surface area contributed by atoms with Crippen molar-refractivity contribution in [2.75, 3.05) is 0 Å². The van der Waals surface area contributed by atoms with Gasteiger partial charge in [0, 0.05) is 34.8 Å². The predicted molar refractivity (Wildman–Crippen MR) is 97.5 cm³/mol. The summed E-state index contributed by atoms with van der Waals surface area (Å²) < 4.78 is 0. The highest BCUT2D eigenvalue weighted by atomic mass is 14.7. The fourth-order valence-electron chi connectivity index (χ4n) is 2.58. The molecule has 23 heavy (non-hydrogen) atoms. The van der Waals surface area contributed by atoms with E-state index in [4.69, 9.17) is 11.1 Å². The van der Waals surface area contributed by atoms with E-state index in [2.05, 4.69) is 11.6 Å². The van der Waals surface area contributed by atoms with E-state index in [0.29, 0.717) is 11.4 Å². The monoisotopic (exact) mass is 307 g/mol. The second kappa shape index (κ2) is 8.89. The Hall–Kier alpha value is -2.42. The molecule has 1 fully saturated rings. The molecule has 3 N–H and O–H groups in total. The lowest BCUT2D eigenvalue weighted by Crippen LogP contribution is -2.04. The zero-order chi connectivity index (χ0) is 16.5. The SMILES string of the molecule is C1CCCCC1.C=C(N)c1cncc(C(=N)c2ccccc2)c1. The van der Waals surface area contributed by atoms with Crippen molar-refractivity contribution >= 4 is 11.4 Å². The number of benzene rings is 1. The molecule has 0 saturated heterocycles. The molecule has 0 amide bonds. The van der Waals surface area contributed by atoms with Crippen LogP contribution in [0.2, 0.25) is 0 Å². The highest BCUT2D eigenvalue weighted by molar-refractivity contribution is 6.10. The summed E-state index contributed by atoms with van der Waals surface area (Å²) in [5.74, 6) is 0. The zero-order valence-electron chi connectivity index (χ0n) is 13.6. The van der Waals surface area contributed by atoms with Gasteiger partial charge in [-0.15, -0.1) is 0 Å². The Kier molecular flexibility index (Phi) is 6.55. The number of aromatic nitrogens is 1. The molecule has 1 saturated carbocycles. The topological polar surface area (TPSA) is 62.8 Å². The summed E-state index contributed by atoms with van der Waals surface area (Å²) >= 11 is 0. The van der Waals surface area contributed by atoms with Gasteiger partial charge in [0.05, 0.1) is 5.71 Å². The molecule has 0 spiro atoms. The highest BCUT2D eigenvalue weighted by Crippen LogP contribution is 2.15. The Balaban J connectivity index is 0.000000268. The second-order valence-corrected chi connectivity index (χ2v) is 5.85. The maximum absolute atomic E-state index is 8.10. The maximum Gasteiger partial charge on any atom is 0.0700 e. The van der Waals surface area contributed by atoms with Crippen molar-refractivity contribution in [2.45, 2.75) is 38.5 Å². The molecule has 1 aliphatic rings. The van der Waals surface area contributed by atoms with Gasteiger partial charge in [0.15, 0.2) is 0 Å². The standard InChI is InChI=1S/C14H13N3.C6H12/c1-10(15)12-7-13(9-17-8-12)14(16)11-5-3-2-4-6-11;1-2-4-6-5-3-1/h2-9,16H,1,15H2;1-6H2. The van der Waals surface area contributed by atoms with Crippen molar-refractivity contribution in [1.29, 1.82) is 5.41 Å². The van der Waals surface area contributed by atoms with E-state index >= 15 is 0 Å². The number of nitrogens with zero attached hydrogens (tertiary/aromatic N) is 1. The summed E-state index contributed by atoms with van der Waals surface area (Å²) in [5.41, 5.74) is 8.85.